The third kappa shape index (κ3) is 4.59. The summed E-state index contributed by atoms with van der Waals surface area (Å²) in [7, 11) is 0. The zero-order valence-electron chi connectivity index (χ0n) is 15.9. The molecule has 7 heteroatoms. The standard InChI is InChI=1S/C23H18N4O3/c28-22-13-12-21(26-27(22)19-9-2-1-3-10-19)23(29)25-17-8-6-11-20(15-17)30-16-18-7-4-5-14-24-18/h1-15H,16H2,(H,25,29). The first-order valence-electron chi connectivity index (χ1n) is 9.29. The van der Waals surface area contributed by atoms with Crippen LogP contribution in [0.3, 0.4) is 0 Å². The molecule has 0 atom stereocenters. The van der Waals surface area contributed by atoms with E-state index in [4.69, 9.17) is 4.74 Å². The molecule has 148 valence electrons. The van der Waals surface area contributed by atoms with Crippen molar-refractivity contribution in [1.82, 2.24) is 14.8 Å². The lowest BCUT2D eigenvalue weighted by Gasteiger charge is -2.10. The van der Waals surface area contributed by atoms with Crippen LogP contribution in [0.25, 0.3) is 5.69 Å². The van der Waals surface area contributed by atoms with Crippen molar-refractivity contribution in [3.63, 3.8) is 0 Å². The second-order valence-electron chi connectivity index (χ2n) is 6.40. The van der Waals surface area contributed by atoms with Gasteiger partial charge in [0.25, 0.3) is 11.5 Å². The Balaban J connectivity index is 1.48. The van der Waals surface area contributed by atoms with Crippen LogP contribution in [0.15, 0.2) is 95.9 Å². The lowest BCUT2D eigenvalue weighted by atomic mass is 10.2. The van der Waals surface area contributed by atoms with Crippen LogP contribution in [0.1, 0.15) is 16.2 Å². The normalized spacial score (nSPS) is 10.4. The molecule has 2 aromatic carbocycles. The first-order valence-corrected chi connectivity index (χ1v) is 9.29. The van der Waals surface area contributed by atoms with Gasteiger partial charge in [-0.2, -0.15) is 9.78 Å². The number of carbonyl (C=O) groups excluding carboxylic acids is 1. The first-order chi connectivity index (χ1) is 14.7. The van der Waals surface area contributed by atoms with Crippen LogP contribution in [-0.2, 0) is 6.61 Å². The third-order valence-corrected chi connectivity index (χ3v) is 4.24. The van der Waals surface area contributed by atoms with Crippen molar-refractivity contribution < 1.29 is 9.53 Å². The van der Waals surface area contributed by atoms with Crippen molar-refractivity contribution in [3.05, 3.63) is 113 Å². The molecule has 0 aliphatic rings. The average molecular weight is 398 g/mol. The predicted octanol–water partition coefficient (Wildman–Crippen LogP) is 3.46. The van der Waals surface area contributed by atoms with Gasteiger partial charge in [-0.15, -0.1) is 0 Å². The number of pyridine rings is 1. The van der Waals surface area contributed by atoms with E-state index in [0.717, 1.165) is 5.69 Å². The van der Waals surface area contributed by atoms with Gasteiger partial charge in [0.1, 0.15) is 18.1 Å². The summed E-state index contributed by atoms with van der Waals surface area (Å²) in [5.74, 6) is 0.169. The number of para-hydroxylation sites is 1. The molecule has 4 aromatic rings. The molecule has 0 saturated carbocycles. The minimum Gasteiger partial charge on any atom is -0.487 e. The Morgan fingerprint density at radius 1 is 0.933 bits per heavy atom. The molecule has 2 heterocycles. The topological polar surface area (TPSA) is 86.1 Å². The number of aromatic nitrogens is 3. The summed E-state index contributed by atoms with van der Waals surface area (Å²) in [5.41, 5.74) is 1.75. The third-order valence-electron chi connectivity index (χ3n) is 4.24. The number of nitrogens with one attached hydrogen (secondary N) is 1. The maximum Gasteiger partial charge on any atom is 0.276 e. The van der Waals surface area contributed by atoms with Crippen LogP contribution >= 0.6 is 0 Å². The SMILES string of the molecule is O=C(Nc1cccc(OCc2ccccn2)c1)c1ccc(=O)n(-c2ccccc2)n1. The maximum absolute atomic E-state index is 12.7. The van der Waals surface area contributed by atoms with E-state index in [0.29, 0.717) is 23.7 Å². The summed E-state index contributed by atoms with van der Waals surface area (Å²) < 4.78 is 6.93. The number of carbonyl (C=O) groups is 1. The molecule has 4 rings (SSSR count). The van der Waals surface area contributed by atoms with E-state index < -0.39 is 5.91 Å². The Bertz CT molecular complexity index is 1210. The molecule has 0 aliphatic carbocycles. The minimum atomic E-state index is -0.429. The number of hydrogen-bond donors (Lipinski definition) is 1. The van der Waals surface area contributed by atoms with Crippen LogP contribution in [0.4, 0.5) is 5.69 Å². The van der Waals surface area contributed by atoms with E-state index in [1.54, 1.807) is 54.7 Å². The summed E-state index contributed by atoms with van der Waals surface area (Å²) in [4.78, 5) is 29.0. The van der Waals surface area contributed by atoms with Crippen molar-refractivity contribution in [2.45, 2.75) is 6.61 Å². The van der Waals surface area contributed by atoms with E-state index in [2.05, 4.69) is 15.4 Å². The molecule has 1 amide bonds. The monoisotopic (exact) mass is 398 g/mol. The van der Waals surface area contributed by atoms with Gasteiger partial charge in [0.15, 0.2) is 0 Å². The summed E-state index contributed by atoms with van der Waals surface area (Å²) in [6.07, 6.45) is 1.71. The zero-order valence-corrected chi connectivity index (χ0v) is 15.9. The highest BCUT2D eigenvalue weighted by Crippen LogP contribution is 2.19. The fraction of sp³-hybridized carbons (Fsp3) is 0.0435. The highest BCUT2D eigenvalue weighted by atomic mass is 16.5. The number of anilines is 1. The Morgan fingerprint density at radius 2 is 1.77 bits per heavy atom. The van der Waals surface area contributed by atoms with Gasteiger partial charge < -0.3 is 10.1 Å². The molecule has 0 radical (unpaired) electrons. The fourth-order valence-corrected chi connectivity index (χ4v) is 2.79. The van der Waals surface area contributed by atoms with Crippen molar-refractivity contribution in [2.24, 2.45) is 0 Å². The van der Waals surface area contributed by atoms with Gasteiger partial charge in [0, 0.05) is 24.0 Å². The Kier molecular flexibility index (Phi) is 5.61. The fourth-order valence-electron chi connectivity index (χ4n) is 2.79. The van der Waals surface area contributed by atoms with E-state index in [-0.39, 0.29) is 11.3 Å². The van der Waals surface area contributed by atoms with Crippen molar-refractivity contribution in [1.29, 1.82) is 0 Å². The lowest BCUT2D eigenvalue weighted by molar-refractivity contribution is 0.102. The number of ether oxygens (including phenoxy) is 1. The number of benzene rings is 2. The molecule has 0 unspecified atom stereocenters. The molecule has 0 fully saturated rings. The Hall–Kier alpha value is -4.26. The quantitative estimate of drug-likeness (QED) is 0.538. The van der Waals surface area contributed by atoms with Crippen LogP contribution in [0.5, 0.6) is 5.75 Å². The van der Waals surface area contributed by atoms with E-state index >= 15 is 0 Å². The average Bonchev–Trinajstić information content (AvgIpc) is 2.79. The molecule has 0 aliphatic heterocycles. The lowest BCUT2D eigenvalue weighted by Crippen LogP contribution is -2.24. The molecule has 7 nitrogen and oxygen atoms in total. The molecular formula is C23H18N4O3. The zero-order chi connectivity index (χ0) is 20.8. The summed E-state index contributed by atoms with van der Waals surface area (Å²) in [6.45, 7) is 0.321. The first kappa shape index (κ1) is 19.1. The van der Waals surface area contributed by atoms with E-state index in [1.165, 1.54) is 16.8 Å². The molecule has 0 saturated heterocycles. The van der Waals surface area contributed by atoms with Gasteiger partial charge >= 0.3 is 0 Å². The number of nitrogens with zero attached hydrogens (tertiary/aromatic N) is 3. The molecule has 30 heavy (non-hydrogen) atoms. The Labute approximate surface area is 172 Å². The minimum absolute atomic E-state index is 0.123. The number of amides is 1. The maximum atomic E-state index is 12.7. The van der Waals surface area contributed by atoms with Crippen LogP contribution in [0.2, 0.25) is 0 Å². The van der Waals surface area contributed by atoms with E-state index in [9.17, 15) is 9.59 Å². The summed E-state index contributed by atoms with van der Waals surface area (Å²) in [5, 5.41) is 6.97. The van der Waals surface area contributed by atoms with Crippen molar-refractivity contribution in [3.8, 4) is 11.4 Å². The molecule has 0 spiro atoms. The van der Waals surface area contributed by atoms with Gasteiger partial charge in [0.2, 0.25) is 0 Å². The highest BCUT2D eigenvalue weighted by Gasteiger charge is 2.11. The van der Waals surface area contributed by atoms with Crippen LogP contribution in [-0.4, -0.2) is 20.7 Å². The second-order valence-corrected chi connectivity index (χ2v) is 6.40. The second kappa shape index (κ2) is 8.83. The largest absolute Gasteiger partial charge is 0.487 e. The van der Waals surface area contributed by atoms with Gasteiger partial charge in [-0.3, -0.25) is 14.6 Å². The van der Waals surface area contributed by atoms with Gasteiger partial charge in [-0.25, -0.2) is 0 Å². The number of rotatable bonds is 6. The van der Waals surface area contributed by atoms with Gasteiger partial charge in [-0.05, 0) is 42.5 Å². The number of hydrogen-bond acceptors (Lipinski definition) is 5. The van der Waals surface area contributed by atoms with Crippen molar-refractivity contribution >= 4 is 11.6 Å². The van der Waals surface area contributed by atoms with E-state index in [1.807, 2.05) is 24.3 Å². The highest BCUT2D eigenvalue weighted by molar-refractivity contribution is 6.02. The predicted molar refractivity (Wildman–Crippen MR) is 113 cm³/mol. The van der Waals surface area contributed by atoms with Gasteiger partial charge in [0.05, 0.1) is 11.4 Å². The molecule has 0 bridgehead atoms. The Morgan fingerprint density at radius 3 is 2.57 bits per heavy atom. The van der Waals surface area contributed by atoms with Crippen LogP contribution in [0, 0.1) is 0 Å². The van der Waals surface area contributed by atoms with Crippen molar-refractivity contribution in [2.75, 3.05) is 5.32 Å². The smallest absolute Gasteiger partial charge is 0.276 e. The summed E-state index contributed by atoms with van der Waals surface area (Å²) >= 11 is 0. The molecule has 1 N–H and O–H groups in total. The molecular weight excluding hydrogens is 380 g/mol. The molecule has 2 aromatic heterocycles. The summed E-state index contributed by atoms with van der Waals surface area (Å²) in [6, 6.07) is 24.3. The van der Waals surface area contributed by atoms with Gasteiger partial charge in [-0.1, -0.05) is 30.3 Å². The van der Waals surface area contributed by atoms with Crippen LogP contribution < -0.4 is 15.6 Å².